The van der Waals surface area contributed by atoms with Crippen LogP contribution in [0.5, 0.6) is 5.75 Å². The van der Waals surface area contributed by atoms with Gasteiger partial charge < -0.3 is 9.64 Å². The molecule has 152 valence electrons. The van der Waals surface area contributed by atoms with Gasteiger partial charge in [-0.2, -0.15) is 0 Å². The second kappa shape index (κ2) is 8.66. The lowest BCUT2D eigenvalue weighted by Crippen LogP contribution is -2.52. The van der Waals surface area contributed by atoms with Gasteiger partial charge in [-0.25, -0.2) is 0 Å². The van der Waals surface area contributed by atoms with Gasteiger partial charge in [0.2, 0.25) is 11.8 Å². The van der Waals surface area contributed by atoms with Crippen molar-refractivity contribution in [3.05, 3.63) is 60.2 Å². The quantitative estimate of drug-likeness (QED) is 0.705. The molecule has 6 heteroatoms. The van der Waals surface area contributed by atoms with Gasteiger partial charge in [-0.1, -0.05) is 42.5 Å². The number of anilines is 1. The smallest absolute Gasteiger partial charge is 0.247 e. The molecular formula is C23H27N3O3. The number of hydrogen-bond donors (Lipinski definition) is 0. The normalized spacial score (nSPS) is 20.4. The molecule has 4 rings (SSSR count). The molecule has 2 aromatic rings. The molecule has 2 aromatic carbocycles. The number of likely N-dealkylation sites (tertiary alicyclic amines) is 1. The number of carbonyl (C=O) groups excluding carboxylic acids is 2. The molecule has 0 N–H and O–H groups in total. The fourth-order valence-electron chi connectivity index (χ4n) is 4.24. The lowest BCUT2D eigenvalue weighted by Gasteiger charge is -2.38. The van der Waals surface area contributed by atoms with Gasteiger partial charge in [-0.05, 0) is 24.1 Å². The Hall–Kier alpha value is -2.86. The number of para-hydroxylation sites is 2. The zero-order valence-corrected chi connectivity index (χ0v) is 16.8. The van der Waals surface area contributed by atoms with Crippen LogP contribution in [0.3, 0.4) is 0 Å². The van der Waals surface area contributed by atoms with Crippen LogP contribution in [0.15, 0.2) is 54.6 Å². The van der Waals surface area contributed by atoms with Crippen LogP contribution in [0.25, 0.3) is 0 Å². The first kappa shape index (κ1) is 19.5. The molecule has 6 nitrogen and oxygen atoms in total. The molecule has 29 heavy (non-hydrogen) atoms. The van der Waals surface area contributed by atoms with Gasteiger partial charge in [0.1, 0.15) is 5.75 Å². The third-order valence-corrected chi connectivity index (χ3v) is 5.87. The third kappa shape index (κ3) is 4.12. The van der Waals surface area contributed by atoms with Crippen molar-refractivity contribution in [1.29, 1.82) is 0 Å². The Morgan fingerprint density at radius 3 is 2.34 bits per heavy atom. The van der Waals surface area contributed by atoms with E-state index >= 15 is 0 Å². The summed E-state index contributed by atoms with van der Waals surface area (Å²) in [4.78, 5) is 31.3. The van der Waals surface area contributed by atoms with Crippen molar-refractivity contribution in [3.63, 3.8) is 0 Å². The minimum atomic E-state index is -0.321. The first-order chi connectivity index (χ1) is 14.2. The van der Waals surface area contributed by atoms with Crippen LogP contribution in [0.1, 0.15) is 12.0 Å². The van der Waals surface area contributed by atoms with Crippen molar-refractivity contribution < 1.29 is 14.3 Å². The number of carbonyl (C=O) groups is 2. The van der Waals surface area contributed by atoms with E-state index in [1.165, 1.54) is 4.90 Å². The van der Waals surface area contributed by atoms with Gasteiger partial charge in [0, 0.05) is 32.7 Å². The van der Waals surface area contributed by atoms with Gasteiger partial charge in [0.15, 0.2) is 0 Å². The summed E-state index contributed by atoms with van der Waals surface area (Å²) in [5.74, 6) is 0.764. The molecule has 2 aliphatic rings. The molecule has 2 heterocycles. The molecular weight excluding hydrogens is 366 g/mol. The zero-order valence-electron chi connectivity index (χ0n) is 16.8. The predicted octanol–water partition coefficient (Wildman–Crippen LogP) is 2.19. The van der Waals surface area contributed by atoms with Gasteiger partial charge >= 0.3 is 0 Å². The number of imide groups is 1. The first-order valence-corrected chi connectivity index (χ1v) is 10.2. The highest BCUT2D eigenvalue weighted by Gasteiger charge is 2.42. The summed E-state index contributed by atoms with van der Waals surface area (Å²) in [6, 6.07) is 17.7. The highest BCUT2D eigenvalue weighted by Crippen LogP contribution is 2.29. The zero-order chi connectivity index (χ0) is 20.2. The number of amides is 2. The monoisotopic (exact) mass is 393 g/mol. The third-order valence-electron chi connectivity index (χ3n) is 5.87. The molecule has 1 unspecified atom stereocenters. The summed E-state index contributed by atoms with van der Waals surface area (Å²) in [7, 11) is 1.68. The van der Waals surface area contributed by atoms with Gasteiger partial charge in [0.05, 0.1) is 25.3 Å². The number of piperazine rings is 1. The van der Waals surface area contributed by atoms with Crippen molar-refractivity contribution in [3.8, 4) is 5.75 Å². The minimum absolute atomic E-state index is 0.0447. The number of nitrogens with zero attached hydrogens (tertiary/aromatic N) is 3. The van der Waals surface area contributed by atoms with Crippen molar-refractivity contribution in [2.45, 2.75) is 18.9 Å². The van der Waals surface area contributed by atoms with E-state index in [2.05, 4.69) is 15.9 Å². The van der Waals surface area contributed by atoms with Crippen molar-refractivity contribution in [2.24, 2.45) is 0 Å². The number of methoxy groups -OCH3 is 1. The molecule has 2 amide bonds. The summed E-state index contributed by atoms with van der Waals surface area (Å²) in [5.41, 5.74) is 2.22. The maximum Gasteiger partial charge on any atom is 0.247 e. The number of rotatable bonds is 6. The Balaban J connectivity index is 1.35. The maximum atomic E-state index is 12.9. The highest BCUT2D eigenvalue weighted by molar-refractivity contribution is 6.05. The second-order valence-corrected chi connectivity index (χ2v) is 7.53. The standard InChI is InChI=1S/C23H27N3O3/c1-29-21-10-6-5-9-19(21)24-13-15-25(16-14-24)20-17-22(27)26(23(20)28)12-11-18-7-3-2-4-8-18/h2-10,20H,11-17H2,1H3. The molecule has 0 spiro atoms. The Morgan fingerprint density at radius 2 is 1.62 bits per heavy atom. The maximum absolute atomic E-state index is 12.9. The van der Waals surface area contributed by atoms with Crippen LogP contribution in [-0.2, 0) is 16.0 Å². The molecule has 0 bridgehead atoms. The summed E-state index contributed by atoms with van der Waals surface area (Å²) >= 11 is 0. The molecule has 0 saturated carbocycles. The minimum Gasteiger partial charge on any atom is -0.495 e. The molecule has 0 radical (unpaired) electrons. The predicted molar refractivity (Wildman–Crippen MR) is 112 cm³/mol. The van der Waals surface area contributed by atoms with E-state index in [1.54, 1.807) is 7.11 Å². The second-order valence-electron chi connectivity index (χ2n) is 7.53. The Morgan fingerprint density at radius 1 is 0.931 bits per heavy atom. The van der Waals surface area contributed by atoms with E-state index in [-0.39, 0.29) is 17.9 Å². The van der Waals surface area contributed by atoms with E-state index in [0.717, 1.165) is 43.2 Å². The molecule has 2 fully saturated rings. The molecule has 2 saturated heterocycles. The van der Waals surface area contributed by atoms with Crippen molar-refractivity contribution >= 4 is 17.5 Å². The van der Waals surface area contributed by atoms with Gasteiger partial charge in [-0.3, -0.25) is 19.4 Å². The van der Waals surface area contributed by atoms with E-state index in [4.69, 9.17) is 4.74 Å². The van der Waals surface area contributed by atoms with Gasteiger partial charge in [-0.15, -0.1) is 0 Å². The van der Waals surface area contributed by atoms with Crippen LogP contribution in [-0.4, -0.2) is 67.5 Å². The number of ether oxygens (including phenoxy) is 1. The lowest BCUT2D eigenvalue weighted by atomic mass is 10.1. The van der Waals surface area contributed by atoms with Crippen LogP contribution < -0.4 is 9.64 Å². The summed E-state index contributed by atoms with van der Waals surface area (Å²) in [6.45, 7) is 3.59. The Kier molecular flexibility index (Phi) is 5.81. The molecule has 1 atom stereocenters. The summed E-state index contributed by atoms with van der Waals surface area (Å²) < 4.78 is 5.47. The average molecular weight is 393 g/mol. The van der Waals surface area contributed by atoms with Crippen LogP contribution in [0.4, 0.5) is 5.69 Å². The molecule has 2 aliphatic heterocycles. The lowest BCUT2D eigenvalue weighted by molar-refractivity contribution is -0.139. The van der Waals surface area contributed by atoms with Gasteiger partial charge in [0.25, 0.3) is 0 Å². The van der Waals surface area contributed by atoms with Crippen molar-refractivity contribution in [1.82, 2.24) is 9.80 Å². The van der Waals surface area contributed by atoms with Crippen LogP contribution in [0, 0.1) is 0 Å². The van der Waals surface area contributed by atoms with Crippen LogP contribution >= 0.6 is 0 Å². The summed E-state index contributed by atoms with van der Waals surface area (Å²) in [5, 5.41) is 0. The fourth-order valence-corrected chi connectivity index (χ4v) is 4.24. The SMILES string of the molecule is COc1ccccc1N1CCN(C2CC(=O)N(CCc3ccccc3)C2=O)CC1. The fraction of sp³-hybridized carbons (Fsp3) is 0.391. The molecule has 0 aliphatic carbocycles. The van der Waals surface area contributed by atoms with Crippen molar-refractivity contribution in [2.75, 3.05) is 44.7 Å². The Labute approximate surface area is 171 Å². The highest BCUT2D eigenvalue weighted by atomic mass is 16.5. The number of benzene rings is 2. The van der Waals surface area contributed by atoms with E-state index in [9.17, 15) is 9.59 Å². The average Bonchev–Trinajstić information content (AvgIpc) is 3.06. The number of hydrogen-bond acceptors (Lipinski definition) is 5. The Bertz CT molecular complexity index is 863. The van der Waals surface area contributed by atoms with Crippen LogP contribution in [0.2, 0.25) is 0 Å². The topological polar surface area (TPSA) is 53.1 Å². The largest absolute Gasteiger partial charge is 0.495 e. The van der Waals surface area contributed by atoms with E-state index in [0.29, 0.717) is 19.4 Å². The van der Waals surface area contributed by atoms with E-state index in [1.807, 2.05) is 48.5 Å². The molecule has 0 aromatic heterocycles. The summed E-state index contributed by atoms with van der Waals surface area (Å²) in [6.07, 6.45) is 0.995. The first-order valence-electron chi connectivity index (χ1n) is 10.2. The van der Waals surface area contributed by atoms with E-state index < -0.39 is 0 Å².